The Kier molecular flexibility index (Phi) is 5.14. The van der Waals surface area contributed by atoms with Gasteiger partial charge in [0.05, 0.1) is 0 Å². The summed E-state index contributed by atoms with van der Waals surface area (Å²) in [5.41, 5.74) is 1.18. The first-order valence-electron chi connectivity index (χ1n) is 6.71. The van der Waals surface area contributed by atoms with Crippen molar-refractivity contribution in [2.75, 3.05) is 17.6 Å². The summed E-state index contributed by atoms with van der Waals surface area (Å²) in [6.45, 7) is 10.2. The number of ether oxygens (including phenoxy) is 2. The van der Waals surface area contributed by atoms with Crippen LogP contribution >= 0.6 is 0 Å². The molecule has 0 bridgehead atoms. The Hall–Kier alpha value is -0.270. The van der Waals surface area contributed by atoms with Gasteiger partial charge in [0.15, 0.2) is 0 Å². The summed E-state index contributed by atoms with van der Waals surface area (Å²) in [6.07, 6.45) is 2.22. The minimum absolute atomic E-state index is 0.0370. The number of hydrogen-bond donors (Lipinski definition) is 2. The van der Waals surface area contributed by atoms with Gasteiger partial charge in [-0.15, -0.1) is 0 Å². The monoisotopic (exact) mass is 379 g/mol. The summed E-state index contributed by atoms with van der Waals surface area (Å²) < 4.78 is 15.5. The molecule has 110 valence electrons. The predicted molar refractivity (Wildman–Crippen MR) is 72.2 cm³/mol. The zero-order valence-electron chi connectivity index (χ0n) is 12.1. The third kappa shape index (κ3) is 4.65. The van der Waals surface area contributed by atoms with Gasteiger partial charge >= 0.3 is 126 Å². The Morgan fingerprint density at radius 2 is 2.32 bits per heavy atom. The standard InChI is InChI=1S/C14H24IN2O2/c1-10-5-13(17-9-15-6-10)18-11(2)12-7-16-8-14(3,4)19-12/h5-6,11-12,16-17H,7-9H2,1-4H3/q-1/t11-,12+/m1/s1. The SMILES string of the molecule is CC1=C[I-]CNC(O[C@H](C)[C@@H]2CNCC(C)(C)O2)=C1. The molecular formula is C14H24IN2O2-. The van der Waals surface area contributed by atoms with E-state index in [9.17, 15) is 0 Å². The van der Waals surface area contributed by atoms with E-state index in [1.54, 1.807) is 0 Å². The van der Waals surface area contributed by atoms with Crippen molar-refractivity contribution in [2.24, 2.45) is 0 Å². The quantitative estimate of drug-likeness (QED) is 0.358. The molecule has 2 aliphatic rings. The third-order valence-electron chi connectivity index (χ3n) is 3.13. The van der Waals surface area contributed by atoms with E-state index < -0.39 is 0 Å². The van der Waals surface area contributed by atoms with Crippen molar-refractivity contribution in [3.63, 3.8) is 0 Å². The van der Waals surface area contributed by atoms with E-state index in [1.807, 2.05) is 0 Å². The fourth-order valence-electron chi connectivity index (χ4n) is 2.18. The Balaban J connectivity index is 1.93. The molecule has 19 heavy (non-hydrogen) atoms. The molecule has 0 spiro atoms. The van der Waals surface area contributed by atoms with Crippen LogP contribution in [0.1, 0.15) is 27.7 Å². The first kappa shape index (κ1) is 15.1. The van der Waals surface area contributed by atoms with E-state index in [-0.39, 0.29) is 39.0 Å². The Morgan fingerprint density at radius 1 is 1.53 bits per heavy atom. The summed E-state index contributed by atoms with van der Waals surface area (Å²) >= 11 is 0.114. The van der Waals surface area contributed by atoms with Crippen molar-refractivity contribution in [3.8, 4) is 0 Å². The zero-order chi connectivity index (χ0) is 13.9. The molecule has 2 N–H and O–H groups in total. The molecule has 2 atom stereocenters. The molecule has 0 aromatic rings. The maximum absolute atomic E-state index is 6.08. The minimum atomic E-state index is -0.118. The van der Waals surface area contributed by atoms with Gasteiger partial charge in [-0.1, -0.05) is 0 Å². The first-order valence-corrected chi connectivity index (χ1v) is 9.49. The van der Waals surface area contributed by atoms with Gasteiger partial charge in [0.25, 0.3) is 0 Å². The van der Waals surface area contributed by atoms with E-state index in [4.69, 9.17) is 9.47 Å². The van der Waals surface area contributed by atoms with Crippen LogP contribution in [0, 0.1) is 0 Å². The van der Waals surface area contributed by atoms with Crippen molar-refractivity contribution in [1.29, 1.82) is 0 Å². The van der Waals surface area contributed by atoms with Crippen molar-refractivity contribution in [3.05, 3.63) is 21.6 Å². The van der Waals surface area contributed by atoms with Gasteiger partial charge in [-0.25, -0.2) is 0 Å². The van der Waals surface area contributed by atoms with Crippen LogP contribution in [0.4, 0.5) is 0 Å². The number of nitrogens with one attached hydrogen (secondary N) is 2. The van der Waals surface area contributed by atoms with E-state index in [0.29, 0.717) is 0 Å². The second-order valence-electron chi connectivity index (χ2n) is 5.70. The third-order valence-corrected chi connectivity index (χ3v) is 5.37. The number of allylic oxidation sites excluding steroid dienone is 2. The van der Waals surface area contributed by atoms with Gasteiger partial charge in [0.2, 0.25) is 0 Å². The molecule has 0 unspecified atom stereocenters. The molecule has 4 nitrogen and oxygen atoms in total. The van der Waals surface area contributed by atoms with Gasteiger partial charge in [-0.2, -0.15) is 0 Å². The van der Waals surface area contributed by atoms with Crippen molar-refractivity contribution in [2.45, 2.75) is 45.5 Å². The van der Waals surface area contributed by atoms with E-state index >= 15 is 0 Å². The van der Waals surface area contributed by atoms with Crippen LogP contribution in [0.2, 0.25) is 0 Å². The summed E-state index contributed by atoms with van der Waals surface area (Å²) in [5.74, 6) is 0.880. The summed E-state index contributed by atoms with van der Waals surface area (Å²) in [6, 6.07) is 0. The molecular weight excluding hydrogens is 355 g/mol. The van der Waals surface area contributed by atoms with Crippen LogP contribution in [0.5, 0.6) is 0 Å². The molecule has 5 heteroatoms. The molecule has 2 rings (SSSR count). The van der Waals surface area contributed by atoms with Crippen LogP contribution in [-0.2, 0) is 9.47 Å². The summed E-state index contributed by atoms with van der Waals surface area (Å²) in [4.78, 5) is 0. The molecule has 0 saturated carbocycles. The van der Waals surface area contributed by atoms with Crippen molar-refractivity contribution >= 4 is 0 Å². The van der Waals surface area contributed by atoms with Crippen LogP contribution in [0.25, 0.3) is 0 Å². The van der Waals surface area contributed by atoms with Crippen molar-refractivity contribution in [1.82, 2.24) is 10.6 Å². The van der Waals surface area contributed by atoms with E-state index in [2.05, 4.69) is 48.5 Å². The molecule has 0 aromatic heterocycles. The maximum atomic E-state index is 6.08. The fraction of sp³-hybridized carbons (Fsp3) is 0.714. The van der Waals surface area contributed by atoms with Gasteiger partial charge in [0, 0.05) is 0 Å². The molecule has 0 aromatic carbocycles. The summed E-state index contributed by atoms with van der Waals surface area (Å²) in [5, 5.41) is 6.78. The number of alkyl halides is 1. The second kappa shape index (κ2) is 6.45. The van der Waals surface area contributed by atoms with Gasteiger partial charge < -0.3 is 0 Å². The van der Waals surface area contributed by atoms with Crippen LogP contribution < -0.4 is 31.8 Å². The van der Waals surface area contributed by atoms with Crippen molar-refractivity contribution < 1.29 is 30.7 Å². The fourth-order valence-corrected chi connectivity index (χ4v) is 3.87. The summed E-state index contributed by atoms with van der Waals surface area (Å²) in [7, 11) is 0. The second-order valence-corrected chi connectivity index (χ2v) is 7.96. The Bertz CT molecular complexity index is 380. The molecule has 1 fully saturated rings. The predicted octanol–water partition coefficient (Wildman–Crippen LogP) is -1.45. The molecule has 0 aliphatic carbocycles. The normalized spacial score (nSPS) is 28.9. The van der Waals surface area contributed by atoms with Gasteiger partial charge in [0.1, 0.15) is 0 Å². The molecule has 0 amide bonds. The number of halogens is 1. The van der Waals surface area contributed by atoms with Gasteiger partial charge in [-0.05, 0) is 0 Å². The zero-order valence-corrected chi connectivity index (χ0v) is 14.3. The van der Waals surface area contributed by atoms with Crippen LogP contribution in [0.15, 0.2) is 21.6 Å². The Morgan fingerprint density at radius 3 is 3.05 bits per heavy atom. The van der Waals surface area contributed by atoms with Gasteiger partial charge in [-0.3, -0.25) is 0 Å². The topological polar surface area (TPSA) is 42.5 Å². The number of hydrogen-bond acceptors (Lipinski definition) is 4. The van der Waals surface area contributed by atoms with E-state index in [0.717, 1.165) is 23.5 Å². The molecule has 0 radical (unpaired) electrons. The average Bonchev–Trinajstić information content (AvgIpc) is 2.52. The first-order chi connectivity index (χ1) is 8.96. The molecule has 1 saturated heterocycles. The number of morpholine rings is 1. The molecule has 2 heterocycles. The average molecular weight is 379 g/mol. The van der Waals surface area contributed by atoms with Crippen LogP contribution in [-0.4, -0.2) is 35.4 Å². The Labute approximate surface area is 126 Å². The molecule has 2 aliphatic heterocycles. The number of rotatable bonds is 3. The van der Waals surface area contributed by atoms with Crippen LogP contribution in [0.3, 0.4) is 0 Å². The van der Waals surface area contributed by atoms with E-state index in [1.165, 1.54) is 5.57 Å².